The molecule has 1 aliphatic heterocycles. The third kappa shape index (κ3) is 2.59. The molecule has 5 heteroatoms. The number of halogens is 1. The lowest BCUT2D eigenvalue weighted by Gasteiger charge is -2.30. The Balaban J connectivity index is 2.13. The summed E-state index contributed by atoms with van der Waals surface area (Å²) in [6.07, 6.45) is 0. The maximum atomic E-state index is 13.7. The minimum Gasteiger partial charge on any atom is -0.488 e. The van der Waals surface area contributed by atoms with Gasteiger partial charge >= 0.3 is 0 Å². The van der Waals surface area contributed by atoms with Crippen molar-refractivity contribution in [3.05, 3.63) is 65.0 Å². The molecule has 1 atom stereocenters. The standard InChI is InChI=1S/C17H18FNO3/c18-13-6-5-12-10-22-16-4-2-1-3-14(16)17(21,15(12)9-13)11-19-7-8-20/h1-6,9,19-21H,7-8,10-11H2. The molecule has 1 aliphatic rings. The van der Waals surface area contributed by atoms with Crippen molar-refractivity contribution < 1.29 is 19.3 Å². The van der Waals surface area contributed by atoms with Crippen LogP contribution in [0.25, 0.3) is 0 Å². The van der Waals surface area contributed by atoms with E-state index in [-0.39, 0.29) is 19.8 Å². The Bertz CT molecular complexity index is 677. The first-order chi connectivity index (χ1) is 10.6. The number of hydrogen-bond donors (Lipinski definition) is 3. The molecule has 116 valence electrons. The quantitative estimate of drug-likeness (QED) is 0.750. The van der Waals surface area contributed by atoms with Crippen LogP contribution in [0.5, 0.6) is 5.75 Å². The molecule has 3 rings (SSSR count). The number of fused-ring (bicyclic) bond motifs is 2. The van der Waals surface area contributed by atoms with Gasteiger partial charge in [0, 0.05) is 18.7 Å². The number of rotatable bonds is 4. The van der Waals surface area contributed by atoms with Gasteiger partial charge < -0.3 is 20.3 Å². The number of aliphatic hydroxyl groups excluding tert-OH is 1. The minimum absolute atomic E-state index is 0.0375. The van der Waals surface area contributed by atoms with E-state index in [4.69, 9.17) is 9.84 Å². The summed E-state index contributed by atoms with van der Waals surface area (Å²) in [6, 6.07) is 11.5. The Morgan fingerprint density at radius 2 is 2.00 bits per heavy atom. The molecule has 0 saturated heterocycles. The van der Waals surface area contributed by atoms with Gasteiger partial charge in [0.05, 0.1) is 6.61 Å². The van der Waals surface area contributed by atoms with Gasteiger partial charge in [0.1, 0.15) is 23.8 Å². The van der Waals surface area contributed by atoms with Crippen molar-refractivity contribution in [2.24, 2.45) is 0 Å². The van der Waals surface area contributed by atoms with Gasteiger partial charge in [-0.25, -0.2) is 4.39 Å². The second-order valence-corrected chi connectivity index (χ2v) is 5.35. The van der Waals surface area contributed by atoms with Crippen molar-refractivity contribution in [1.82, 2.24) is 5.32 Å². The number of aliphatic hydroxyl groups is 2. The van der Waals surface area contributed by atoms with Crippen LogP contribution < -0.4 is 10.1 Å². The molecule has 0 amide bonds. The molecule has 2 aromatic carbocycles. The second kappa shape index (κ2) is 6.04. The molecular weight excluding hydrogens is 285 g/mol. The highest BCUT2D eigenvalue weighted by Gasteiger charge is 2.38. The van der Waals surface area contributed by atoms with Crippen LogP contribution in [-0.2, 0) is 12.2 Å². The molecule has 1 heterocycles. The lowest BCUT2D eigenvalue weighted by atomic mass is 9.83. The fraction of sp³-hybridized carbons (Fsp3) is 0.294. The van der Waals surface area contributed by atoms with Crippen LogP contribution in [0.4, 0.5) is 4.39 Å². The van der Waals surface area contributed by atoms with E-state index in [0.29, 0.717) is 23.4 Å². The van der Waals surface area contributed by atoms with E-state index in [1.54, 1.807) is 18.2 Å². The zero-order chi connectivity index (χ0) is 15.6. The van der Waals surface area contributed by atoms with Crippen LogP contribution in [0.1, 0.15) is 16.7 Å². The van der Waals surface area contributed by atoms with Crippen molar-refractivity contribution in [2.45, 2.75) is 12.2 Å². The maximum Gasteiger partial charge on any atom is 0.131 e. The van der Waals surface area contributed by atoms with E-state index >= 15 is 0 Å². The predicted molar refractivity (Wildman–Crippen MR) is 80.1 cm³/mol. The highest BCUT2D eigenvalue weighted by molar-refractivity contribution is 5.49. The van der Waals surface area contributed by atoms with Crippen molar-refractivity contribution in [2.75, 3.05) is 19.7 Å². The van der Waals surface area contributed by atoms with Gasteiger partial charge in [-0.1, -0.05) is 24.3 Å². The minimum atomic E-state index is -1.42. The van der Waals surface area contributed by atoms with Crippen molar-refractivity contribution >= 4 is 0 Å². The molecule has 0 radical (unpaired) electrons. The highest BCUT2D eigenvalue weighted by atomic mass is 19.1. The van der Waals surface area contributed by atoms with E-state index < -0.39 is 11.4 Å². The fourth-order valence-electron chi connectivity index (χ4n) is 2.83. The second-order valence-electron chi connectivity index (χ2n) is 5.35. The lowest BCUT2D eigenvalue weighted by molar-refractivity contribution is 0.0776. The molecule has 1 unspecified atom stereocenters. The summed E-state index contributed by atoms with van der Waals surface area (Å²) < 4.78 is 19.5. The van der Waals surface area contributed by atoms with E-state index in [2.05, 4.69) is 5.32 Å². The topological polar surface area (TPSA) is 61.7 Å². The fourth-order valence-corrected chi connectivity index (χ4v) is 2.83. The third-order valence-electron chi connectivity index (χ3n) is 3.90. The van der Waals surface area contributed by atoms with Gasteiger partial charge in [-0.15, -0.1) is 0 Å². The van der Waals surface area contributed by atoms with Gasteiger partial charge in [-0.05, 0) is 29.3 Å². The summed E-state index contributed by atoms with van der Waals surface area (Å²) in [7, 11) is 0. The van der Waals surface area contributed by atoms with Crippen molar-refractivity contribution in [1.29, 1.82) is 0 Å². The molecule has 3 N–H and O–H groups in total. The average Bonchev–Trinajstić information content (AvgIpc) is 2.64. The predicted octanol–water partition coefficient (Wildman–Crippen LogP) is 1.54. The molecule has 22 heavy (non-hydrogen) atoms. The summed E-state index contributed by atoms with van der Waals surface area (Å²) in [6.45, 7) is 0.736. The first-order valence-electron chi connectivity index (χ1n) is 7.20. The first kappa shape index (κ1) is 15.0. The summed E-state index contributed by atoms with van der Waals surface area (Å²) in [4.78, 5) is 0. The zero-order valence-electron chi connectivity index (χ0n) is 12.1. The first-order valence-corrected chi connectivity index (χ1v) is 7.20. The van der Waals surface area contributed by atoms with Crippen LogP contribution in [-0.4, -0.2) is 29.9 Å². The van der Waals surface area contributed by atoms with Crippen LogP contribution in [0.2, 0.25) is 0 Å². The molecule has 0 aromatic heterocycles. The van der Waals surface area contributed by atoms with Crippen LogP contribution in [0, 0.1) is 5.82 Å². The molecule has 4 nitrogen and oxygen atoms in total. The molecule has 2 aromatic rings. The summed E-state index contributed by atoms with van der Waals surface area (Å²) in [5, 5.41) is 23.3. The highest BCUT2D eigenvalue weighted by Crippen LogP contribution is 2.40. The Labute approximate surface area is 128 Å². The third-order valence-corrected chi connectivity index (χ3v) is 3.90. The smallest absolute Gasteiger partial charge is 0.131 e. The molecular formula is C17H18FNO3. The Morgan fingerprint density at radius 3 is 2.82 bits per heavy atom. The van der Waals surface area contributed by atoms with Crippen LogP contribution in [0.15, 0.2) is 42.5 Å². The Kier molecular flexibility index (Phi) is 4.11. The van der Waals surface area contributed by atoms with Gasteiger partial charge in [-0.3, -0.25) is 0 Å². The van der Waals surface area contributed by atoms with Gasteiger partial charge in [0.2, 0.25) is 0 Å². The molecule has 0 bridgehead atoms. The van der Waals surface area contributed by atoms with E-state index in [0.717, 1.165) is 5.56 Å². The monoisotopic (exact) mass is 303 g/mol. The Hall–Kier alpha value is -1.95. The van der Waals surface area contributed by atoms with Crippen molar-refractivity contribution in [3.8, 4) is 5.75 Å². The number of benzene rings is 2. The molecule has 0 saturated carbocycles. The molecule has 0 aliphatic carbocycles. The lowest BCUT2D eigenvalue weighted by Crippen LogP contribution is -2.40. The van der Waals surface area contributed by atoms with Gasteiger partial charge in [-0.2, -0.15) is 0 Å². The average molecular weight is 303 g/mol. The van der Waals surface area contributed by atoms with Gasteiger partial charge in [0.15, 0.2) is 0 Å². The Morgan fingerprint density at radius 1 is 1.18 bits per heavy atom. The number of para-hydroxylation sites is 1. The SMILES string of the molecule is OCCNCC1(O)c2cc(F)ccc2COc2ccccc21. The molecule has 0 spiro atoms. The van der Waals surface area contributed by atoms with Crippen molar-refractivity contribution in [3.63, 3.8) is 0 Å². The number of ether oxygens (including phenoxy) is 1. The largest absolute Gasteiger partial charge is 0.488 e. The van der Waals surface area contributed by atoms with Gasteiger partial charge in [0.25, 0.3) is 0 Å². The zero-order valence-corrected chi connectivity index (χ0v) is 12.1. The maximum absolute atomic E-state index is 13.7. The summed E-state index contributed by atoms with van der Waals surface area (Å²) in [5.74, 6) is 0.172. The summed E-state index contributed by atoms with van der Waals surface area (Å²) >= 11 is 0. The number of hydrogen-bond acceptors (Lipinski definition) is 4. The van der Waals surface area contributed by atoms with E-state index in [9.17, 15) is 9.50 Å². The van der Waals surface area contributed by atoms with Crippen LogP contribution >= 0.6 is 0 Å². The van der Waals surface area contributed by atoms with E-state index in [1.807, 2.05) is 12.1 Å². The summed E-state index contributed by atoms with van der Waals surface area (Å²) in [5.41, 5.74) is 0.401. The van der Waals surface area contributed by atoms with Crippen LogP contribution in [0.3, 0.4) is 0 Å². The molecule has 0 fully saturated rings. The normalized spacial score (nSPS) is 19.8. The number of nitrogens with one attached hydrogen (secondary N) is 1. The van der Waals surface area contributed by atoms with E-state index in [1.165, 1.54) is 12.1 Å².